The smallest absolute Gasteiger partial charge is 0.246 e. The van der Waals surface area contributed by atoms with Crippen molar-refractivity contribution in [3.63, 3.8) is 0 Å². The van der Waals surface area contributed by atoms with Crippen molar-refractivity contribution in [2.45, 2.75) is 39.5 Å². The standard InChI is InChI=1S/C20H28N2O2/c1-5-16(23)10-11-19(24)22-14-12-21(13-15-22)18-9-7-6-8-17(18)20(2,3)4/h6-11H,5,12-15H2,1-4H3/b11-10-. The Morgan fingerprint density at radius 3 is 2.25 bits per heavy atom. The Morgan fingerprint density at radius 1 is 1.04 bits per heavy atom. The summed E-state index contributed by atoms with van der Waals surface area (Å²) in [5, 5.41) is 0. The molecule has 4 heteroatoms. The molecule has 1 amide bonds. The minimum atomic E-state index is -0.0689. The number of hydrogen-bond acceptors (Lipinski definition) is 3. The van der Waals surface area contributed by atoms with E-state index in [1.807, 2.05) is 4.90 Å². The fourth-order valence-electron chi connectivity index (χ4n) is 2.94. The third-order valence-corrected chi connectivity index (χ3v) is 4.40. The average molecular weight is 328 g/mol. The van der Waals surface area contributed by atoms with Crippen LogP contribution in [-0.4, -0.2) is 42.8 Å². The molecule has 0 radical (unpaired) electrons. The van der Waals surface area contributed by atoms with Crippen LogP contribution in [0.2, 0.25) is 0 Å². The van der Waals surface area contributed by atoms with Gasteiger partial charge in [-0.3, -0.25) is 9.59 Å². The number of amides is 1. The van der Waals surface area contributed by atoms with E-state index in [1.54, 1.807) is 6.92 Å². The van der Waals surface area contributed by atoms with Gasteiger partial charge in [0, 0.05) is 44.4 Å². The van der Waals surface area contributed by atoms with E-state index in [2.05, 4.69) is 49.9 Å². The molecule has 130 valence electrons. The van der Waals surface area contributed by atoms with E-state index >= 15 is 0 Å². The van der Waals surface area contributed by atoms with E-state index in [4.69, 9.17) is 0 Å². The molecule has 1 aliphatic heterocycles. The lowest BCUT2D eigenvalue weighted by molar-refractivity contribution is -0.126. The molecule has 1 fully saturated rings. The average Bonchev–Trinajstić information content (AvgIpc) is 2.58. The first kappa shape index (κ1) is 18.2. The van der Waals surface area contributed by atoms with Crippen molar-refractivity contribution >= 4 is 17.4 Å². The molecule has 0 atom stereocenters. The van der Waals surface area contributed by atoms with Crippen molar-refractivity contribution in [3.05, 3.63) is 42.0 Å². The second-order valence-corrected chi connectivity index (χ2v) is 7.23. The maximum absolute atomic E-state index is 12.2. The maximum atomic E-state index is 12.2. The number of carbonyl (C=O) groups excluding carboxylic acids is 2. The van der Waals surface area contributed by atoms with Crippen LogP contribution in [0.15, 0.2) is 36.4 Å². The number of piperazine rings is 1. The molecular weight excluding hydrogens is 300 g/mol. The van der Waals surface area contributed by atoms with E-state index in [0.717, 1.165) is 13.1 Å². The number of rotatable bonds is 4. The zero-order valence-electron chi connectivity index (χ0n) is 15.2. The van der Waals surface area contributed by atoms with Crippen LogP contribution in [0.25, 0.3) is 0 Å². The molecule has 0 spiro atoms. The van der Waals surface area contributed by atoms with Gasteiger partial charge in [-0.25, -0.2) is 0 Å². The molecule has 0 aromatic heterocycles. The summed E-state index contributed by atoms with van der Waals surface area (Å²) in [6.07, 6.45) is 3.23. The molecule has 0 N–H and O–H groups in total. The Morgan fingerprint density at radius 2 is 1.67 bits per heavy atom. The monoisotopic (exact) mass is 328 g/mol. The molecule has 2 rings (SSSR count). The zero-order chi connectivity index (χ0) is 17.7. The molecule has 0 saturated carbocycles. The van der Waals surface area contributed by atoms with Crippen molar-refractivity contribution in [2.75, 3.05) is 31.1 Å². The Kier molecular flexibility index (Phi) is 5.81. The molecule has 1 aliphatic rings. The second kappa shape index (κ2) is 7.65. The fraction of sp³-hybridized carbons (Fsp3) is 0.500. The quantitative estimate of drug-likeness (QED) is 0.797. The third-order valence-electron chi connectivity index (χ3n) is 4.40. The first-order valence-electron chi connectivity index (χ1n) is 8.67. The van der Waals surface area contributed by atoms with Crippen LogP contribution in [0.4, 0.5) is 5.69 Å². The number of benzene rings is 1. The molecule has 1 aromatic carbocycles. The van der Waals surface area contributed by atoms with Gasteiger partial charge in [-0.1, -0.05) is 45.9 Å². The molecule has 1 aromatic rings. The molecule has 0 aliphatic carbocycles. The molecule has 24 heavy (non-hydrogen) atoms. The van der Waals surface area contributed by atoms with Crippen LogP contribution in [0.5, 0.6) is 0 Å². The number of para-hydroxylation sites is 1. The highest BCUT2D eigenvalue weighted by Crippen LogP contribution is 2.32. The van der Waals surface area contributed by atoms with E-state index in [9.17, 15) is 9.59 Å². The zero-order valence-corrected chi connectivity index (χ0v) is 15.2. The largest absolute Gasteiger partial charge is 0.368 e. The highest BCUT2D eigenvalue weighted by atomic mass is 16.2. The van der Waals surface area contributed by atoms with Gasteiger partial charge >= 0.3 is 0 Å². The SMILES string of the molecule is CCC(=O)/C=C\C(=O)N1CCN(c2ccccc2C(C)(C)C)CC1. The van der Waals surface area contributed by atoms with Gasteiger partial charge in [0.15, 0.2) is 5.78 Å². The minimum Gasteiger partial charge on any atom is -0.368 e. The topological polar surface area (TPSA) is 40.6 Å². The summed E-state index contributed by atoms with van der Waals surface area (Å²) in [6.45, 7) is 11.5. The highest BCUT2D eigenvalue weighted by Gasteiger charge is 2.24. The number of nitrogens with zero attached hydrogens (tertiary/aromatic N) is 2. The number of allylic oxidation sites excluding steroid dienone is 1. The molecule has 0 unspecified atom stereocenters. The third kappa shape index (κ3) is 4.47. The molecule has 4 nitrogen and oxygen atoms in total. The Bertz CT molecular complexity index is 621. The summed E-state index contributed by atoms with van der Waals surface area (Å²) >= 11 is 0. The van der Waals surface area contributed by atoms with E-state index < -0.39 is 0 Å². The lowest BCUT2D eigenvalue weighted by atomic mass is 9.85. The van der Waals surface area contributed by atoms with Crippen molar-refractivity contribution in [1.29, 1.82) is 0 Å². The van der Waals surface area contributed by atoms with Crippen molar-refractivity contribution in [1.82, 2.24) is 4.90 Å². The van der Waals surface area contributed by atoms with Crippen molar-refractivity contribution in [3.8, 4) is 0 Å². The second-order valence-electron chi connectivity index (χ2n) is 7.23. The van der Waals surface area contributed by atoms with E-state index in [1.165, 1.54) is 23.4 Å². The van der Waals surface area contributed by atoms with Gasteiger partial charge in [-0.15, -0.1) is 0 Å². The summed E-state index contributed by atoms with van der Waals surface area (Å²) in [7, 11) is 0. The Balaban J connectivity index is 2.02. The number of ketones is 1. The van der Waals surface area contributed by atoms with Gasteiger partial charge in [-0.2, -0.15) is 0 Å². The first-order valence-corrected chi connectivity index (χ1v) is 8.67. The number of hydrogen-bond donors (Lipinski definition) is 0. The Labute approximate surface area is 145 Å². The van der Waals surface area contributed by atoms with E-state index in [-0.39, 0.29) is 17.1 Å². The lowest BCUT2D eigenvalue weighted by Gasteiger charge is -2.38. The van der Waals surface area contributed by atoms with Gasteiger partial charge in [0.2, 0.25) is 5.91 Å². The van der Waals surface area contributed by atoms with Crippen LogP contribution in [-0.2, 0) is 15.0 Å². The maximum Gasteiger partial charge on any atom is 0.246 e. The van der Waals surface area contributed by atoms with E-state index in [0.29, 0.717) is 19.5 Å². The van der Waals surface area contributed by atoms with Gasteiger partial charge in [0.25, 0.3) is 0 Å². The van der Waals surface area contributed by atoms with Crippen LogP contribution in [0.1, 0.15) is 39.7 Å². The minimum absolute atomic E-state index is 0.0129. The summed E-state index contributed by atoms with van der Waals surface area (Å²) in [4.78, 5) is 27.6. The predicted octanol–water partition coefficient (Wildman–Crippen LogP) is 3.17. The molecule has 1 heterocycles. The fourth-order valence-corrected chi connectivity index (χ4v) is 2.94. The summed E-state index contributed by atoms with van der Waals surface area (Å²) in [6, 6.07) is 8.50. The van der Waals surface area contributed by atoms with Gasteiger partial charge in [-0.05, 0) is 23.1 Å². The van der Waals surface area contributed by atoms with Crippen LogP contribution >= 0.6 is 0 Å². The van der Waals surface area contributed by atoms with Crippen LogP contribution < -0.4 is 4.90 Å². The van der Waals surface area contributed by atoms with Crippen LogP contribution in [0, 0.1) is 0 Å². The predicted molar refractivity (Wildman–Crippen MR) is 98.4 cm³/mol. The number of carbonyl (C=O) groups is 2. The normalized spacial score (nSPS) is 15.8. The molecular formula is C20H28N2O2. The van der Waals surface area contributed by atoms with Gasteiger partial charge < -0.3 is 9.80 Å². The first-order chi connectivity index (χ1) is 11.3. The Hall–Kier alpha value is -2.10. The summed E-state index contributed by atoms with van der Waals surface area (Å²) < 4.78 is 0. The summed E-state index contributed by atoms with van der Waals surface area (Å²) in [5.74, 6) is -0.0818. The van der Waals surface area contributed by atoms with Crippen molar-refractivity contribution in [2.24, 2.45) is 0 Å². The summed E-state index contributed by atoms with van der Waals surface area (Å²) in [5.41, 5.74) is 2.68. The van der Waals surface area contributed by atoms with Crippen LogP contribution in [0.3, 0.4) is 0 Å². The molecule has 1 saturated heterocycles. The lowest BCUT2D eigenvalue weighted by Crippen LogP contribution is -2.48. The number of anilines is 1. The molecule has 0 bridgehead atoms. The van der Waals surface area contributed by atoms with Gasteiger partial charge in [0.1, 0.15) is 0 Å². The van der Waals surface area contributed by atoms with Gasteiger partial charge in [0.05, 0.1) is 0 Å². The van der Waals surface area contributed by atoms with Crippen molar-refractivity contribution < 1.29 is 9.59 Å². The highest BCUT2D eigenvalue weighted by molar-refractivity contribution is 5.97.